The summed E-state index contributed by atoms with van der Waals surface area (Å²) in [5.41, 5.74) is 5.66. The minimum Gasteiger partial charge on any atom is -0.464 e. The Hall–Kier alpha value is -2.04. The predicted octanol–water partition coefficient (Wildman–Crippen LogP) is 3.62. The highest BCUT2D eigenvalue weighted by Crippen LogP contribution is 2.28. The molecule has 0 saturated carbocycles. The zero-order chi connectivity index (χ0) is 13.3. The zero-order valence-electron chi connectivity index (χ0n) is 10.1. The summed E-state index contributed by atoms with van der Waals surface area (Å²) in [5, 5.41) is 2.92. The molecule has 2 rings (SSSR count). The molecule has 18 heavy (non-hydrogen) atoms. The Morgan fingerprint density at radius 3 is 2.61 bits per heavy atom. The molecule has 2 aromatic rings. The molecule has 3 nitrogen and oxygen atoms in total. The fraction of sp³-hybridized carbons (Fsp3) is 0.231. The molecule has 0 aliphatic rings. The third-order valence-electron chi connectivity index (χ3n) is 2.65. The van der Waals surface area contributed by atoms with E-state index in [1.54, 1.807) is 6.07 Å². The van der Waals surface area contributed by atoms with E-state index in [0.29, 0.717) is 5.76 Å². The van der Waals surface area contributed by atoms with Crippen LogP contribution in [0, 0.1) is 18.6 Å². The molecule has 3 N–H and O–H groups in total. The molecule has 0 amide bonds. The van der Waals surface area contributed by atoms with Crippen LogP contribution in [-0.4, -0.2) is 0 Å². The van der Waals surface area contributed by atoms with Crippen LogP contribution in [0.3, 0.4) is 0 Å². The van der Waals surface area contributed by atoms with Crippen LogP contribution in [0.2, 0.25) is 0 Å². The third kappa shape index (κ3) is 2.45. The molecular formula is C13H14F2N2O. The van der Waals surface area contributed by atoms with Gasteiger partial charge in [-0.1, -0.05) is 0 Å². The smallest absolute Gasteiger partial charge is 0.151 e. The van der Waals surface area contributed by atoms with Crippen LogP contribution >= 0.6 is 0 Å². The molecular weight excluding hydrogens is 238 g/mol. The summed E-state index contributed by atoms with van der Waals surface area (Å²) in [5.74, 6) is 0.000894. The van der Waals surface area contributed by atoms with Crippen LogP contribution in [-0.2, 0) is 0 Å². The van der Waals surface area contributed by atoms with Crippen molar-refractivity contribution in [3.8, 4) is 0 Å². The van der Waals surface area contributed by atoms with Crippen molar-refractivity contribution in [1.82, 2.24) is 0 Å². The number of aryl methyl sites for hydroxylation is 1. The first-order valence-electron chi connectivity index (χ1n) is 5.54. The van der Waals surface area contributed by atoms with Crippen molar-refractivity contribution in [2.75, 3.05) is 11.1 Å². The van der Waals surface area contributed by atoms with E-state index in [1.165, 1.54) is 0 Å². The molecule has 0 aliphatic carbocycles. The van der Waals surface area contributed by atoms with Crippen molar-refractivity contribution in [1.29, 1.82) is 0 Å². The summed E-state index contributed by atoms with van der Waals surface area (Å²) in [6.07, 6.45) is 0. The van der Waals surface area contributed by atoms with E-state index in [2.05, 4.69) is 5.32 Å². The van der Waals surface area contributed by atoms with Gasteiger partial charge < -0.3 is 15.5 Å². The maximum atomic E-state index is 13.3. The number of hydrogen-bond donors (Lipinski definition) is 2. The maximum Gasteiger partial charge on any atom is 0.151 e. The predicted molar refractivity (Wildman–Crippen MR) is 66.3 cm³/mol. The Morgan fingerprint density at radius 1 is 1.28 bits per heavy atom. The van der Waals surface area contributed by atoms with E-state index < -0.39 is 11.6 Å². The topological polar surface area (TPSA) is 51.2 Å². The van der Waals surface area contributed by atoms with Gasteiger partial charge in [-0.05, 0) is 32.0 Å². The van der Waals surface area contributed by atoms with Crippen molar-refractivity contribution < 1.29 is 13.2 Å². The molecule has 0 aliphatic heterocycles. The van der Waals surface area contributed by atoms with Gasteiger partial charge in [0.25, 0.3) is 0 Å². The number of hydrogen-bond acceptors (Lipinski definition) is 3. The number of nitrogens with one attached hydrogen (secondary N) is 1. The second kappa shape index (κ2) is 4.68. The first-order chi connectivity index (χ1) is 8.47. The van der Waals surface area contributed by atoms with Crippen LogP contribution in [0.1, 0.15) is 24.5 Å². The summed E-state index contributed by atoms with van der Waals surface area (Å²) in [6, 6.07) is 5.30. The lowest BCUT2D eigenvalue weighted by atomic mass is 10.2. The monoisotopic (exact) mass is 252 g/mol. The van der Waals surface area contributed by atoms with Gasteiger partial charge in [0.2, 0.25) is 0 Å². The van der Waals surface area contributed by atoms with E-state index in [1.807, 2.05) is 19.9 Å². The molecule has 1 atom stereocenters. The average Bonchev–Trinajstić information content (AvgIpc) is 2.72. The number of halogens is 2. The zero-order valence-corrected chi connectivity index (χ0v) is 10.1. The number of nitrogen functional groups attached to an aromatic ring is 1. The van der Waals surface area contributed by atoms with Crippen molar-refractivity contribution in [3.05, 3.63) is 47.4 Å². The van der Waals surface area contributed by atoms with Crippen LogP contribution in [0.15, 0.2) is 28.7 Å². The molecule has 0 spiro atoms. The first kappa shape index (κ1) is 12.4. The van der Waals surface area contributed by atoms with Crippen LogP contribution < -0.4 is 11.1 Å². The fourth-order valence-electron chi connectivity index (χ4n) is 1.69. The molecule has 0 saturated heterocycles. The van der Waals surface area contributed by atoms with Gasteiger partial charge >= 0.3 is 0 Å². The molecule has 96 valence electrons. The summed E-state index contributed by atoms with van der Waals surface area (Å²) < 4.78 is 31.8. The first-order valence-corrected chi connectivity index (χ1v) is 5.54. The van der Waals surface area contributed by atoms with Crippen LogP contribution in [0.5, 0.6) is 0 Å². The molecule has 5 heteroatoms. The second-order valence-corrected chi connectivity index (χ2v) is 4.16. The minimum absolute atomic E-state index is 0.105. The lowest BCUT2D eigenvalue weighted by Gasteiger charge is -2.15. The number of rotatable bonds is 3. The van der Waals surface area contributed by atoms with E-state index >= 15 is 0 Å². The number of nitrogens with two attached hydrogens (primary N) is 1. The standard InChI is InChI=1S/C13H14F2N2O/c1-7-3-4-12(18-7)8(2)17-11-6-9(14)5-10(15)13(11)16/h3-6,8,17H,16H2,1-2H3. The Balaban J connectivity index is 2.24. The number of benzene rings is 1. The Labute approximate surface area is 104 Å². The molecule has 1 aromatic heterocycles. The van der Waals surface area contributed by atoms with Gasteiger partial charge in [0, 0.05) is 6.07 Å². The van der Waals surface area contributed by atoms with Gasteiger partial charge in [0.05, 0.1) is 17.4 Å². The van der Waals surface area contributed by atoms with Crippen molar-refractivity contribution in [2.24, 2.45) is 0 Å². The lowest BCUT2D eigenvalue weighted by molar-refractivity contribution is 0.466. The van der Waals surface area contributed by atoms with Gasteiger partial charge in [0.15, 0.2) is 5.82 Å². The molecule has 0 fully saturated rings. The molecule has 0 radical (unpaired) electrons. The molecule has 1 heterocycles. The normalized spacial score (nSPS) is 12.4. The van der Waals surface area contributed by atoms with Gasteiger partial charge in [-0.25, -0.2) is 8.78 Å². The molecule has 1 aromatic carbocycles. The average molecular weight is 252 g/mol. The third-order valence-corrected chi connectivity index (χ3v) is 2.65. The maximum absolute atomic E-state index is 13.3. The van der Waals surface area contributed by atoms with Gasteiger partial charge in [-0.2, -0.15) is 0 Å². The SMILES string of the molecule is Cc1ccc(C(C)Nc2cc(F)cc(F)c2N)o1. The van der Waals surface area contributed by atoms with Crippen molar-refractivity contribution >= 4 is 11.4 Å². The second-order valence-electron chi connectivity index (χ2n) is 4.16. The van der Waals surface area contributed by atoms with E-state index in [0.717, 1.165) is 17.9 Å². The van der Waals surface area contributed by atoms with Crippen molar-refractivity contribution in [2.45, 2.75) is 19.9 Å². The van der Waals surface area contributed by atoms with Gasteiger partial charge in [-0.15, -0.1) is 0 Å². The quantitative estimate of drug-likeness (QED) is 0.820. The van der Waals surface area contributed by atoms with Gasteiger partial charge in [0.1, 0.15) is 17.3 Å². The van der Waals surface area contributed by atoms with Gasteiger partial charge in [-0.3, -0.25) is 0 Å². The minimum atomic E-state index is -0.777. The molecule has 1 unspecified atom stereocenters. The number of anilines is 2. The van der Waals surface area contributed by atoms with Crippen LogP contribution in [0.25, 0.3) is 0 Å². The summed E-state index contributed by atoms with van der Waals surface area (Å²) in [6.45, 7) is 3.65. The molecule has 0 bridgehead atoms. The summed E-state index contributed by atoms with van der Waals surface area (Å²) >= 11 is 0. The largest absolute Gasteiger partial charge is 0.464 e. The highest BCUT2D eigenvalue weighted by atomic mass is 19.1. The Morgan fingerprint density at radius 2 is 2.00 bits per heavy atom. The van der Waals surface area contributed by atoms with Crippen LogP contribution in [0.4, 0.5) is 20.2 Å². The van der Waals surface area contributed by atoms with E-state index in [-0.39, 0.29) is 17.4 Å². The van der Waals surface area contributed by atoms with E-state index in [9.17, 15) is 8.78 Å². The van der Waals surface area contributed by atoms with Crippen molar-refractivity contribution in [3.63, 3.8) is 0 Å². The summed E-state index contributed by atoms with van der Waals surface area (Å²) in [7, 11) is 0. The Bertz CT molecular complexity index is 566. The lowest BCUT2D eigenvalue weighted by Crippen LogP contribution is -2.09. The highest BCUT2D eigenvalue weighted by Gasteiger charge is 2.13. The summed E-state index contributed by atoms with van der Waals surface area (Å²) in [4.78, 5) is 0. The number of furan rings is 1. The highest BCUT2D eigenvalue weighted by molar-refractivity contribution is 5.67. The fourth-order valence-corrected chi connectivity index (χ4v) is 1.69. The van der Waals surface area contributed by atoms with E-state index in [4.69, 9.17) is 10.2 Å². The Kier molecular flexibility index (Phi) is 3.23.